The van der Waals surface area contributed by atoms with E-state index in [2.05, 4.69) is 15.5 Å². The topological polar surface area (TPSA) is 50.4 Å². The normalized spacial score (nSPS) is 20.8. The molecule has 0 saturated carbocycles. The summed E-state index contributed by atoms with van der Waals surface area (Å²) in [4.78, 5) is 6.05. The van der Waals surface area contributed by atoms with Gasteiger partial charge < -0.3 is 9.64 Å². The molecular weight excluding hydrogens is 334 g/mol. The van der Waals surface area contributed by atoms with Crippen LogP contribution in [0.25, 0.3) is 0 Å². The smallest absolute Gasteiger partial charge is 0.177 e. The predicted octanol–water partition coefficient (Wildman–Crippen LogP) is 0.667. The molecule has 1 aromatic rings. The number of amidine groups is 1. The van der Waals surface area contributed by atoms with E-state index in [1.165, 1.54) is 17.8 Å². The summed E-state index contributed by atoms with van der Waals surface area (Å²) in [5, 5.41) is 4.87. The lowest BCUT2D eigenvalue weighted by atomic mass is 10.1. The number of hydrogen-bond acceptors (Lipinski definition) is 4. The second kappa shape index (κ2) is 8.55. The van der Waals surface area contributed by atoms with E-state index in [-0.39, 0.29) is 5.56 Å². The lowest BCUT2D eigenvalue weighted by Gasteiger charge is -2.23. The van der Waals surface area contributed by atoms with Gasteiger partial charge in [0.25, 0.3) is 0 Å². The largest absolute Gasteiger partial charge is 0.370 e. The summed E-state index contributed by atoms with van der Waals surface area (Å²) < 4.78 is 32.3. The van der Waals surface area contributed by atoms with Gasteiger partial charge in [0.15, 0.2) is 5.17 Å². The third-order valence-corrected chi connectivity index (χ3v) is 4.93. The van der Waals surface area contributed by atoms with Crippen LogP contribution in [0.3, 0.4) is 0 Å². The number of quaternary nitrogens is 1. The molecule has 3 rings (SSSR count). The highest BCUT2D eigenvalue weighted by atomic mass is 32.2. The zero-order chi connectivity index (χ0) is 16.8. The molecule has 2 aliphatic heterocycles. The molecule has 0 radical (unpaired) electrons. The summed E-state index contributed by atoms with van der Waals surface area (Å²) in [5.41, 5.74) is 3.53. The molecule has 1 fully saturated rings. The molecule has 1 saturated heterocycles. The van der Waals surface area contributed by atoms with Crippen molar-refractivity contribution in [2.45, 2.75) is 6.42 Å². The number of benzene rings is 1. The molecule has 0 atom stereocenters. The van der Waals surface area contributed by atoms with E-state index in [1.807, 2.05) is 0 Å². The summed E-state index contributed by atoms with van der Waals surface area (Å²) in [6, 6.07) is 3.39. The number of rotatable bonds is 5. The van der Waals surface area contributed by atoms with E-state index in [4.69, 9.17) is 4.74 Å². The molecule has 24 heavy (non-hydrogen) atoms. The van der Waals surface area contributed by atoms with Crippen LogP contribution in [0, 0.1) is 11.6 Å². The number of nitrogens with zero attached hydrogens (tertiary/aromatic N) is 2. The monoisotopic (exact) mass is 355 g/mol. The van der Waals surface area contributed by atoms with Crippen molar-refractivity contribution in [1.82, 2.24) is 5.43 Å². The molecule has 0 aromatic heterocycles. The van der Waals surface area contributed by atoms with Gasteiger partial charge in [-0.2, -0.15) is 5.10 Å². The first-order chi connectivity index (χ1) is 11.7. The number of nitrogens with one attached hydrogen (secondary N) is 2. The van der Waals surface area contributed by atoms with Crippen LogP contribution in [0.5, 0.6) is 0 Å². The fourth-order valence-electron chi connectivity index (χ4n) is 2.67. The van der Waals surface area contributed by atoms with E-state index in [1.54, 1.807) is 4.90 Å². The SMILES string of the molecule is Fc1ccc(F)c(C2=NNC(=NCCC[NH+]3CCOCC3)SC2)c1. The lowest BCUT2D eigenvalue weighted by Crippen LogP contribution is -3.14. The summed E-state index contributed by atoms with van der Waals surface area (Å²) in [7, 11) is 0. The fraction of sp³-hybridized carbons (Fsp3) is 0.500. The highest BCUT2D eigenvalue weighted by molar-refractivity contribution is 8.14. The van der Waals surface area contributed by atoms with Gasteiger partial charge in [0.2, 0.25) is 0 Å². The molecule has 0 amide bonds. The second-order valence-electron chi connectivity index (χ2n) is 5.74. The minimum Gasteiger partial charge on any atom is -0.370 e. The van der Waals surface area contributed by atoms with Gasteiger partial charge in [-0.15, -0.1) is 0 Å². The Morgan fingerprint density at radius 1 is 1.29 bits per heavy atom. The third kappa shape index (κ3) is 4.75. The summed E-state index contributed by atoms with van der Waals surface area (Å²) in [5.74, 6) is -0.461. The van der Waals surface area contributed by atoms with Crippen LogP contribution in [-0.4, -0.2) is 56.0 Å². The molecule has 8 heteroatoms. The molecule has 1 aromatic carbocycles. The van der Waals surface area contributed by atoms with Crippen LogP contribution in [0.1, 0.15) is 12.0 Å². The molecule has 2 aliphatic rings. The number of thioether (sulfide) groups is 1. The number of aliphatic imine (C=N–C) groups is 1. The Labute approximate surface area is 144 Å². The molecule has 0 aliphatic carbocycles. The Morgan fingerprint density at radius 3 is 2.88 bits per heavy atom. The average Bonchev–Trinajstić information content (AvgIpc) is 2.62. The number of ether oxygens (including phenoxy) is 1. The van der Waals surface area contributed by atoms with Gasteiger partial charge in [-0.25, -0.2) is 8.78 Å². The Kier molecular flexibility index (Phi) is 6.17. The van der Waals surface area contributed by atoms with Gasteiger partial charge in [-0.3, -0.25) is 10.4 Å². The molecule has 2 N–H and O–H groups in total. The molecule has 5 nitrogen and oxygen atoms in total. The van der Waals surface area contributed by atoms with Gasteiger partial charge in [-0.05, 0) is 18.2 Å². The summed E-state index contributed by atoms with van der Waals surface area (Å²) in [6.45, 7) is 5.64. The van der Waals surface area contributed by atoms with Crippen LogP contribution in [-0.2, 0) is 4.74 Å². The van der Waals surface area contributed by atoms with Crippen LogP contribution in [0.2, 0.25) is 0 Å². The average molecular weight is 355 g/mol. The Morgan fingerprint density at radius 2 is 2.12 bits per heavy atom. The molecule has 130 valence electrons. The zero-order valence-electron chi connectivity index (χ0n) is 13.4. The highest BCUT2D eigenvalue weighted by Crippen LogP contribution is 2.17. The molecule has 0 bridgehead atoms. The van der Waals surface area contributed by atoms with E-state index in [0.717, 1.165) is 63.1 Å². The van der Waals surface area contributed by atoms with Gasteiger partial charge in [-0.1, -0.05) is 11.8 Å². The van der Waals surface area contributed by atoms with Crippen molar-refractivity contribution in [2.75, 3.05) is 45.1 Å². The van der Waals surface area contributed by atoms with E-state index in [9.17, 15) is 8.78 Å². The minimum absolute atomic E-state index is 0.199. The molecule has 0 spiro atoms. The second-order valence-corrected chi connectivity index (χ2v) is 6.70. The standard InChI is InChI=1S/C16H20F2N4OS/c17-12-2-3-14(18)13(10-12)15-11-24-16(21-20-15)19-4-1-5-22-6-8-23-9-7-22/h2-3,10H,1,4-9,11H2,(H,19,21)/p+1. The zero-order valence-corrected chi connectivity index (χ0v) is 14.2. The van der Waals surface area contributed by atoms with E-state index < -0.39 is 11.6 Å². The van der Waals surface area contributed by atoms with Crippen LogP contribution in [0.15, 0.2) is 28.3 Å². The van der Waals surface area contributed by atoms with Crippen LogP contribution < -0.4 is 10.3 Å². The Hall–Kier alpha value is -1.51. The maximum Gasteiger partial charge on any atom is 0.177 e. The maximum atomic E-state index is 13.8. The fourth-order valence-corrected chi connectivity index (χ4v) is 3.46. The van der Waals surface area contributed by atoms with Crippen molar-refractivity contribution in [3.63, 3.8) is 0 Å². The number of hydrogen-bond donors (Lipinski definition) is 2. The Balaban J connectivity index is 1.48. The van der Waals surface area contributed by atoms with Gasteiger partial charge in [0.05, 0.1) is 25.5 Å². The first kappa shape index (κ1) is 17.3. The number of hydrazone groups is 1. The van der Waals surface area contributed by atoms with E-state index in [0.29, 0.717) is 11.5 Å². The first-order valence-electron chi connectivity index (χ1n) is 8.09. The van der Waals surface area contributed by atoms with Gasteiger partial charge in [0.1, 0.15) is 24.7 Å². The third-order valence-electron chi connectivity index (χ3n) is 4.02. The maximum absolute atomic E-state index is 13.8. The van der Waals surface area contributed by atoms with Gasteiger partial charge in [0, 0.05) is 24.3 Å². The van der Waals surface area contributed by atoms with Crippen molar-refractivity contribution in [1.29, 1.82) is 0 Å². The summed E-state index contributed by atoms with van der Waals surface area (Å²) >= 11 is 1.46. The predicted molar refractivity (Wildman–Crippen MR) is 91.8 cm³/mol. The van der Waals surface area contributed by atoms with Crippen molar-refractivity contribution in [3.8, 4) is 0 Å². The lowest BCUT2D eigenvalue weighted by molar-refractivity contribution is -0.908. The number of morpholine rings is 1. The molecular formula is C16H21F2N4OS+. The quantitative estimate of drug-likeness (QED) is 0.764. The van der Waals surface area contributed by atoms with Gasteiger partial charge >= 0.3 is 0 Å². The van der Waals surface area contributed by atoms with Crippen LogP contribution >= 0.6 is 11.8 Å². The van der Waals surface area contributed by atoms with Crippen molar-refractivity contribution < 1.29 is 18.4 Å². The van der Waals surface area contributed by atoms with Crippen LogP contribution in [0.4, 0.5) is 8.78 Å². The highest BCUT2D eigenvalue weighted by Gasteiger charge is 2.17. The van der Waals surface area contributed by atoms with Crippen molar-refractivity contribution in [3.05, 3.63) is 35.4 Å². The molecule has 0 unspecified atom stereocenters. The van der Waals surface area contributed by atoms with Crippen molar-refractivity contribution >= 4 is 22.6 Å². The molecule has 2 heterocycles. The first-order valence-corrected chi connectivity index (χ1v) is 9.07. The summed E-state index contributed by atoms with van der Waals surface area (Å²) in [6.07, 6.45) is 1.01. The Bertz CT molecular complexity index is 633. The number of halogens is 2. The van der Waals surface area contributed by atoms with E-state index >= 15 is 0 Å². The van der Waals surface area contributed by atoms with Crippen molar-refractivity contribution in [2.24, 2.45) is 10.1 Å². The minimum atomic E-state index is -0.468.